The minimum absolute atomic E-state index is 0.126. The molecule has 0 spiro atoms. The summed E-state index contributed by atoms with van der Waals surface area (Å²) < 4.78 is 25.8. The van der Waals surface area contributed by atoms with Crippen LogP contribution in [0.2, 0.25) is 0 Å². The molecule has 1 saturated carbocycles. The van der Waals surface area contributed by atoms with Crippen molar-refractivity contribution in [2.45, 2.75) is 38.5 Å². The monoisotopic (exact) mass is 362 g/mol. The van der Waals surface area contributed by atoms with Gasteiger partial charge in [-0.25, -0.2) is 8.78 Å². The van der Waals surface area contributed by atoms with Gasteiger partial charge in [0.2, 0.25) is 10.9 Å². The van der Waals surface area contributed by atoms with Gasteiger partial charge in [0, 0.05) is 0 Å². The Labute approximate surface area is 149 Å². The van der Waals surface area contributed by atoms with Gasteiger partial charge in [0.25, 0.3) is 0 Å². The zero-order valence-electron chi connectivity index (χ0n) is 14.5. The summed E-state index contributed by atoms with van der Waals surface area (Å²) in [6.45, 7) is 3.77. The van der Waals surface area contributed by atoms with Gasteiger partial charge in [-0.2, -0.15) is 0 Å². The summed E-state index contributed by atoms with van der Waals surface area (Å²) in [5.74, 6) is -2.80. The molecule has 0 unspecified atom stereocenters. The minimum Gasteiger partial charge on any atom is -0.502 e. The molecule has 1 aliphatic rings. The number of rotatable bonds is 2. The number of aromatic hydroxyl groups is 2. The Balaban J connectivity index is 0.000000187. The molecule has 0 radical (unpaired) electrons. The second-order valence-corrected chi connectivity index (χ2v) is 6.51. The second-order valence-electron chi connectivity index (χ2n) is 6.51. The third kappa shape index (κ3) is 4.88. The van der Waals surface area contributed by atoms with Crippen molar-refractivity contribution in [3.8, 4) is 11.5 Å². The lowest BCUT2D eigenvalue weighted by molar-refractivity contribution is 0.429. The molecule has 0 atom stereocenters. The van der Waals surface area contributed by atoms with Crippen LogP contribution >= 0.6 is 0 Å². The summed E-state index contributed by atoms with van der Waals surface area (Å²) >= 11 is 0. The smallest absolute Gasteiger partial charge is 0.223 e. The van der Waals surface area contributed by atoms with Crippen LogP contribution in [0.15, 0.2) is 46.0 Å². The topological polar surface area (TPSA) is 74.6 Å². The molecular weight excluding hydrogens is 342 g/mol. The van der Waals surface area contributed by atoms with Crippen molar-refractivity contribution < 1.29 is 19.0 Å². The highest BCUT2D eigenvalue weighted by molar-refractivity contribution is 5.29. The van der Waals surface area contributed by atoms with Gasteiger partial charge >= 0.3 is 0 Å². The van der Waals surface area contributed by atoms with Crippen LogP contribution in [0.1, 0.15) is 49.7 Å². The fourth-order valence-electron chi connectivity index (χ4n) is 2.29. The zero-order valence-corrected chi connectivity index (χ0v) is 14.5. The van der Waals surface area contributed by atoms with E-state index in [9.17, 15) is 18.4 Å². The Bertz CT molecular complexity index is 922. The van der Waals surface area contributed by atoms with Gasteiger partial charge in [0.1, 0.15) is 0 Å². The minimum atomic E-state index is -0.862. The molecular formula is C20H20F2O4. The molecule has 0 bridgehead atoms. The van der Waals surface area contributed by atoms with Gasteiger partial charge in [0.05, 0.1) is 0 Å². The van der Waals surface area contributed by atoms with E-state index in [2.05, 4.69) is 0 Å². The molecule has 1 aliphatic carbocycles. The van der Waals surface area contributed by atoms with E-state index in [1.807, 2.05) is 13.8 Å². The zero-order chi connectivity index (χ0) is 19.4. The summed E-state index contributed by atoms with van der Waals surface area (Å²) in [7, 11) is 0. The van der Waals surface area contributed by atoms with Crippen molar-refractivity contribution in [3.63, 3.8) is 0 Å². The number of halogens is 2. The highest BCUT2D eigenvalue weighted by Crippen LogP contribution is 2.39. The molecule has 0 aliphatic heterocycles. The Morgan fingerprint density at radius 3 is 2.08 bits per heavy atom. The van der Waals surface area contributed by atoms with Crippen molar-refractivity contribution in [1.82, 2.24) is 0 Å². The van der Waals surface area contributed by atoms with Crippen molar-refractivity contribution in [1.29, 1.82) is 0 Å². The largest absolute Gasteiger partial charge is 0.502 e. The van der Waals surface area contributed by atoms with E-state index >= 15 is 0 Å². The van der Waals surface area contributed by atoms with Crippen LogP contribution < -0.4 is 10.9 Å². The number of hydrogen-bond donors (Lipinski definition) is 2. The SMILES string of the molecule is CC(C)c1ccc(=O)c(O)c(F)c1.O=c1cc(C2CC2)ccc(F)c1O. The van der Waals surface area contributed by atoms with Crippen molar-refractivity contribution in [2.24, 2.45) is 0 Å². The maximum absolute atomic E-state index is 13.0. The van der Waals surface area contributed by atoms with Crippen molar-refractivity contribution in [2.75, 3.05) is 0 Å². The van der Waals surface area contributed by atoms with Crippen molar-refractivity contribution in [3.05, 3.63) is 79.6 Å². The summed E-state index contributed by atoms with van der Waals surface area (Å²) in [5, 5.41) is 18.0. The Hall–Kier alpha value is -2.76. The van der Waals surface area contributed by atoms with Crippen molar-refractivity contribution >= 4 is 0 Å². The van der Waals surface area contributed by atoms with E-state index < -0.39 is 34.0 Å². The predicted molar refractivity (Wildman–Crippen MR) is 94.7 cm³/mol. The molecule has 2 N–H and O–H groups in total. The first kappa shape index (κ1) is 19.6. The van der Waals surface area contributed by atoms with Crippen LogP contribution in [0.4, 0.5) is 8.78 Å². The maximum Gasteiger partial charge on any atom is 0.223 e. The molecule has 2 aromatic rings. The van der Waals surface area contributed by atoms with Gasteiger partial charge in [0.15, 0.2) is 23.1 Å². The first-order valence-electron chi connectivity index (χ1n) is 8.26. The molecule has 0 amide bonds. The van der Waals surface area contributed by atoms with Gasteiger partial charge in [-0.3, -0.25) is 9.59 Å². The molecule has 1 fully saturated rings. The van der Waals surface area contributed by atoms with E-state index in [-0.39, 0.29) is 5.92 Å². The summed E-state index contributed by atoms with van der Waals surface area (Å²) in [6.07, 6.45) is 2.09. The Kier molecular flexibility index (Phi) is 6.08. The van der Waals surface area contributed by atoms with Crippen LogP contribution in [0.5, 0.6) is 11.5 Å². The van der Waals surface area contributed by atoms with Crippen LogP contribution in [-0.2, 0) is 0 Å². The second kappa shape index (κ2) is 8.08. The molecule has 4 nitrogen and oxygen atoms in total. The molecule has 26 heavy (non-hydrogen) atoms. The average molecular weight is 362 g/mol. The first-order valence-corrected chi connectivity index (χ1v) is 8.26. The normalized spacial score (nSPS) is 13.1. The predicted octanol–water partition coefficient (Wildman–Crippen LogP) is 3.78. The first-order chi connectivity index (χ1) is 12.2. The highest BCUT2D eigenvalue weighted by Gasteiger charge is 2.23. The summed E-state index contributed by atoms with van der Waals surface area (Å²) in [6, 6.07) is 7.90. The summed E-state index contributed by atoms with van der Waals surface area (Å²) in [4.78, 5) is 22.0. The number of hydrogen-bond acceptors (Lipinski definition) is 4. The molecule has 138 valence electrons. The fraction of sp³-hybridized carbons (Fsp3) is 0.300. The molecule has 0 aromatic heterocycles. The van der Waals surface area contributed by atoms with Gasteiger partial charge in [-0.05, 0) is 60.1 Å². The quantitative estimate of drug-likeness (QED) is 0.853. The van der Waals surface area contributed by atoms with Crippen LogP contribution in [-0.4, -0.2) is 10.2 Å². The molecule has 6 heteroatoms. The Morgan fingerprint density at radius 2 is 1.50 bits per heavy atom. The van der Waals surface area contributed by atoms with Gasteiger partial charge in [-0.1, -0.05) is 26.0 Å². The third-order valence-electron chi connectivity index (χ3n) is 4.08. The van der Waals surface area contributed by atoms with E-state index in [0.29, 0.717) is 11.5 Å². The van der Waals surface area contributed by atoms with Gasteiger partial charge < -0.3 is 10.2 Å². The third-order valence-corrected chi connectivity index (χ3v) is 4.08. The maximum atomic E-state index is 13.0. The standard InChI is InChI=1S/C10H9FO2.C10H11FO2/c11-8-4-3-7(6-1-2-6)5-9(12)10(8)13;1-6(2)7-3-4-9(12)10(13)8(11)5-7/h3-6H,1-2H2,(H,12,13);3-6H,1-2H3,(H,12,13). The molecule has 0 heterocycles. The van der Waals surface area contributed by atoms with E-state index in [1.165, 1.54) is 24.3 Å². The van der Waals surface area contributed by atoms with E-state index in [4.69, 9.17) is 10.2 Å². The fourth-order valence-corrected chi connectivity index (χ4v) is 2.29. The van der Waals surface area contributed by atoms with Crippen LogP contribution in [0.3, 0.4) is 0 Å². The van der Waals surface area contributed by atoms with Gasteiger partial charge in [-0.15, -0.1) is 0 Å². The van der Waals surface area contributed by atoms with Crippen LogP contribution in [0.25, 0.3) is 0 Å². The lowest BCUT2D eigenvalue weighted by Gasteiger charge is -1.99. The van der Waals surface area contributed by atoms with E-state index in [0.717, 1.165) is 24.5 Å². The summed E-state index contributed by atoms with van der Waals surface area (Å²) in [5.41, 5.74) is 0.188. The lowest BCUT2D eigenvalue weighted by Crippen LogP contribution is -1.96. The average Bonchev–Trinajstić information content (AvgIpc) is 3.44. The Morgan fingerprint density at radius 1 is 0.885 bits per heavy atom. The lowest BCUT2D eigenvalue weighted by atomic mass is 10.1. The van der Waals surface area contributed by atoms with E-state index in [1.54, 1.807) is 6.07 Å². The van der Waals surface area contributed by atoms with Crippen LogP contribution in [0, 0.1) is 11.6 Å². The molecule has 3 rings (SSSR count). The highest BCUT2D eigenvalue weighted by atomic mass is 19.1. The molecule has 2 aromatic carbocycles. The molecule has 0 saturated heterocycles.